The summed E-state index contributed by atoms with van der Waals surface area (Å²) in [5.41, 5.74) is 2.11. The van der Waals surface area contributed by atoms with E-state index in [1.807, 2.05) is 17.7 Å². The molecule has 132 valence electrons. The molecule has 1 aromatic carbocycles. The van der Waals surface area contributed by atoms with Crippen molar-refractivity contribution in [3.8, 4) is 11.5 Å². The minimum Gasteiger partial charge on any atom is -0.494 e. The Kier molecular flexibility index (Phi) is 5.07. The first-order valence-electron chi connectivity index (χ1n) is 7.52. The summed E-state index contributed by atoms with van der Waals surface area (Å²) in [5, 5.41) is 0. The standard InChI is InChI=1S/C17H16F2IN3O2/c1-23-14(20)6-11-17(23)21-8-9(22-11)4-5-10-15(18)12(24-2)7-13(25-3)16(10)19/h6-8H,4-5H2,1-3H3. The molecule has 0 saturated heterocycles. The Hall–Kier alpha value is -1.97. The van der Waals surface area contributed by atoms with Crippen LogP contribution in [0.2, 0.25) is 0 Å². The number of hydrogen-bond donors (Lipinski definition) is 0. The second-order valence-corrected chi connectivity index (χ2v) is 6.59. The van der Waals surface area contributed by atoms with Crippen LogP contribution < -0.4 is 9.47 Å². The van der Waals surface area contributed by atoms with Crippen LogP contribution in [0.5, 0.6) is 11.5 Å². The molecule has 0 aliphatic heterocycles. The molecule has 0 spiro atoms. The van der Waals surface area contributed by atoms with Crippen molar-refractivity contribution < 1.29 is 18.3 Å². The summed E-state index contributed by atoms with van der Waals surface area (Å²) in [6.07, 6.45) is 2.10. The molecule has 0 bridgehead atoms. The van der Waals surface area contributed by atoms with Gasteiger partial charge >= 0.3 is 0 Å². The molecule has 25 heavy (non-hydrogen) atoms. The van der Waals surface area contributed by atoms with Gasteiger partial charge in [0.15, 0.2) is 28.8 Å². The average molecular weight is 459 g/mol. The van der Waals surface area contributed by atoms with Crippen LogP contribution in [0.1, 0.15) is 11.3 Å². The van der Waals surface area contributed by atoms with Gasteiger partial charge < -0.3 is 14.0 Å². The highest BCUT2D eigenvalue weighted by atomic mass is 127. The van der Waals surface area contributed by atoms with Gasteiger partial charge in [0.25, 0.3) is 0 Å². The predicted molar refractivity (Wildman–Crippen MR) is 98.1 cm³/mol. The van der Waals surface area contributed by atoms with E-state index in [1.54, 1.807) is 6.20 Å². The lowest BCUT2D eigenvalue weighted by atomic mass is 10.1. The molecule has 0 radical (unpaired) electrons. The van der Waals surface area contributed by atoms with Crippen molar-refractivity contribution in [2.45, 2.75) is 12.8 Å². The van der Waals surface area contributed by atoms with Crippen molar-refractivity contribution in [3.63, 3.8) is 0 Å². The van der Waals surface area contributed by atoms with Gasteiger partial charge in [-0.25, -0.2) is 18.7 Å². The van der Waals surface area contributed by atoms with Crippen molar-refractivity contribution >= 4 is 33.8 Å². The van der Waals surface area contributed by atoms with Gasteiger partial charge in [0, 0.05) is 18.7 Å². The van der Waals surface area contributed by atoms with E-state index in [0.717, 1.165) is 14.9 Å². The fraction of sp³-hybridized carbons (Fsp3) is 0.294. The summed E-state index contributed by atoms with van der Waals surface area (Å²) in [6.45, 7) is 0. The summed E-state index contributed by atoms with van der Waals surface area (Å²) in [4.78, 5) is 8.91. The summed E-state index contributed by atoms with van der Waals surface area (Å²) in [7, 11) is 4.57. The van der Waals surface area contributed by atoms with E-state index in [0.29, 0.717) is 12.1 Å². The van der Waals surface area contributed by atoms with Gasteiger partial charge in [0.2, 0.25) is 0 Å². The van der Waals surface area contributed by atoms with E-state index >= 15 is 0 Å². The number of rotatable bonds is 5. The molecule has 0 atom stereocenters. The third-order valence-electron chi connectivity index (χ3n) is 4.02. The van der Waals surface area contributed by atoms with Gasteiger partial charge in [-0.1, -0.05) is 0 Å². The molecule has 0 aliphatic carbocycles. The Labute approximate surface area is 157 Å². The van der Waals surface area contributed by atoms with Gasteiger partial charge in [-0.15, -0.1) is 0 Å². The molecule has 0 N–H and O–H groups in total. The smallest absolute Gasteiger partial charge is 0.171 e. The number of benzene rings is 1. The molecular formula is C17H16F2IN3O2. The number of hydrogen-bond acceptors (Lipinski definition) is 4. The van der Waals surface area contributed by atoms with Crippen molar-refractivity contribution in [1.82, 2.24) is 14.5 Å². The first-order chi connectivity index (χ1) is 12.0. The Morgan fingerprint density at radius 2 is 1.72 bits per heavy atom. The fourth-order valence-corrected chi connectivity index (χ4v) is 3.15. The summed E-state index contributed by atoms with van der Waals surface area (Å²) < 4.78 is 41.7. The van der Waals surface area contributed by atoms with Crippen molar-refractivity contribution in [2.24, 2.45) is 7.05 Å². The second kappa shape index (κ2) is 7.11. The number of nitrogens with zero attached hydrogens (tertiary/aromatic N) is 3. The third kappa shape index (κ3) is 3.26. The monoisotopic (exact) mass is 459 g/mol. The van der Waals surface area contributed by atoms with E-state index in [2.05, 4.69) is 32.6 Å². The third-order valence-corrected chi connectivity index (χ3v) is 5.05. The summed E-state index contributed by atoms with van der Waals surface area (Å²) in [5.74, 6) is -1.53. The molecule has 0 fully saturated rings. The number of fused-ring (bicyclic) bond motifs is 1. The van der Waals surface area contributed by atoms with Crippen LogP contribution in [0.25, 0.3) is 11.2 Å². The molecule has 8 heteroatoms. The lowest BCUT2D eigenvalue weighted by molar-refractivity contribution is 0.353. The van der Waals surface area contributed by atoms with Crippen LogP contribution in [0.15, 0.2) is 18.3 Å². The molecular weight excluding hydrogens is 443 g/mol. The molecule has 2 aromatic heterocycles. The van der Waals surface area contributed by atoms with Crippen molar-refractivity contribution in [3.05, 3.63) is 44.9 Å². The Morgan fingerprint density at radius 1 is 1.08 bits per heavy atom. The normalized spacial score (nSPS) is 11.1. The average Bonchev–Trinajstić information content (AvgIpc) is 2.89. The largest absolute Gasteiger partial charge is 0.494 e. The molecule has 3 aromatic rings. The van der Waals surface area contributed by atoms with Crippen LogP contribution >= 0.6 is 22.6 Å². The second-order valence-electron chi connectivity index (χ2n) is 5.48. The van der Waals surface area contributed by atoms with Crippen LogP contribution in [-0.2, 0) is 19.9 Å². The number of ether oxygens (including phenoxy) is 2. The van der Waals surface area contributed by atoms with Gasteiger partial charge in [0.05, 0.1) is 29.8 Å². The minimum atomic E-state index is -0.718. The summed E-state index contributed by atoms with van der Waals surface area (Å²) in [6, 6.07) is 3.12. The van der Waals surface area contributed by atoms with E-state index in [9.17, 15) is 8.78 Å². The van der Waals surface area contributed by atoms with Crippen LogP contribution in [0, 0.1) is 15.3 Å². The molecule has 5 nitrogen and oxygen atoms in total. The highest BCUT2D eigenvalue weighted by Crippen LogP contribution is 2.32. The lowest BCUT2D eigenvalue weighted by Crippen LogP contribution is -2.05. The maximum absolute atomic E-state index is 14.4. The topological polar surface area (TPSA) is 49.2 Å². The van der Waals surface area contributed by atoms with Crippen LogP contribution in [-0.4, -0.2) is 28.8 Å². The lowest BCUT2D eigenvalue weighted by Gasteiger charge is -2.12. The first-order valence-corrected chi connectivity index (χ1v) is 8.59. The molecule has 2 heterocycles. The number of halogens is 3. The first kappa shape index (κ1) is 17.8. The predicted octanol–water partition coefficient (Wildman–Crippen LogP) is 3.65. The van der Waals surface area contributed by atoms with Gasteiger partial charge in [-0.2, -0.15) is 0 Å². The summed E-state index contributed by atoms with van der Waals surface area (Å²) >= 11 is 2.20. The maximum atomic E-state index is 14.4. The van der Waals surface area contributed by atoms with Crippen molar-refractivity contribution in [2.75, 3.05) is 14.2 Å². The number of aryl methyl sites for hydroxylation is 2. The Bertz CT molecular complexity index is 915. The zero-order valence-electron chi connectivity index (χ0n) is 13.9. The van der Waals surface area contributed by atoms with E-state index in [4.69, 9.17) is 9.47 Å². The molecule has 0 saturated carbocycles. The molecule has 0 amide bonds. The molecule has 0 unspecified atom stereocenters. The van der Waals surface area contributed by atoms with Crippen LogP contribution in [0.4, 0.5) is 8.78 Å². The maximum Gasteiger partial charge on any atom is 0.171 e. The molecule has 0 aliphatic rings. The Balaban J connectivity index is 1.91. The molecule has 3 rings (SSSR count). The Morgan fingerprint density at radius 3 is 2.32 bits per heavy atom. The van der Waals surface area contributed by atoms with Gasteiger partial charge in [-0.3, -0.25) is 0 Å². The zero-order valence-corrected chi connectivity index (χ0v) is 16.1. The zero-order chi connectivity index (χ0) is 18.1. The number of aromatic nitrogens is 3. The highest BCUT2D eigenvalue weighted by molar-refractivity contribution is 14.1. The van der Waals surface area contributed by atoms with Crippen LogP contribution in [0.3, 0.4) is 0 Å². The van der Waals surface area contributed by atoms with Gasteiger partial charge in [-0.05, 0) is 41.5 Å². The quantitative estimate of drug-likeness (QED) is 0.547. The number of methoxy groups -OCH3 is 2. The van der Waals surface area contributed by atoms with Crippen molar-refractivity contribution in [1.29, 1.82) is 0 Å². The van der Waals surface area contributed by atoms with E-state index < -0.39 is 11.6 Å². The minimum absolute atomic E-state index is 0.0487. The highest BCUT2D eigenvalue weighted by Gasteiger charge is 2.20. The SMILES string of the molecule is COc1cc(OC)c(F)c(CCc2cnc3c(cc(I)n3C)n2)c1F. The van der Waals surface area contributed by atoms with E-state index in [-0.39, 0.29) is 23.5 Å². The fourth-order valence-electron chi connectivity index (χ4n) is 2.63. The van der Waals surface area contributed by atoms with E-state index in [1.165, 1.54) is 20.3 Å². The van der Waals surface area contributed by atoms with Gasteiger partial charge in [0.1, 0.15) is 5.52 Å².